The minimum absolute atomic E-state index is 0.142. The molecule has 4 rings (SSSR count). The number of hydrogen-bond acceptors (Lipinski definition) is 5. The number of aromatic nitrogens is 2. The second kappa shape index (κ2) is 8.95. The van der Waals surface area contributed by atoms with Gasteiger partial charge in [-0.1, -0.05) is 43.2 Å². The number of rotatable bonds is 6. The van der Waals surface area contributed by atoms with E-state index in [1.165, 1.54) is 44.1 Å². The third-order valence-electron chi connectivity index (χ3n) is 6.09. The summed E-state index contributed by atoms with van der Waals surface area (Å²) in [5, 5.41) is 7.14. The smallest absolute Gasteiger partial charge is 0.234 e. The van der Waals surface area contributed by atoms with Crippen LogP contribution in [0.25, 0.3) is 0 Å². The molecule has 1 aromatic heterocycles. The molecule has 2 heterocycles. The Morgan fingerprint density at radius 2 is 1.83 bits per heavy atom. The van der Waals surface area contributed by atoms with Crippen molar-refractivity contribution in [1.29, 1.82) is 0 Å². The van der Waals surface area contributed by atoms with Crippen LogP contribution in [0.2, 0.25) is 0 Å². The van der Waals surface area contributed by atoms with Crippen molar-refractivity contribution in [2.45, 2.75) is 43.9 Å². The van der Waals surface area contributed by atoms with Crippen LogP contribution in [-0.4, -0.2) is 41.8 Å². The standard InChI is InChI=1S/C22H29N5OS/c1-28-19-15-18(27-13-7-8-14-27)24-20(25-19)26-21(29)23-16-22(11-5-6-12-22)17-9-3-2-4-10-17/h2-4,9-10,15H,5-8,11-14,16H2,1H3,(H2,23,24,25,26,29). The van der Waals surface area contributed by atoms with Crippen molar-refractivity contribution in [2.75, 3.05) is 37.0 Å². The quantitative estimate of drug-likeness (QED) is 0.699. The molecule has 1 aromatic carbocycles. The van der Waals surface area contributed by atoms with Crippen molar-refractivity contribution in [3.63, 3.8) is 0 Å². The molecule has 1 saturated carbocycles. The van der Waals surface area contributed by atoms with Gasteiger partial charge in [-0.3, -0.25) is 0 Å². The minimum Gasteiger partial charge on any atom is -0.481 e. The number of hydrogen-bond donors (Lipinski definition) is 2. The molecule has 0 atom stereocenters. The molecular formula is C22H29N5OS. The molecule has 0 amide bonds. The van der Waals surface area contributed by atoms with Crippen LogP contribution < -0.4 is 20.3 Å². The van der Waals surface area contributed by atoms with Crippen LogP contribution in [-0.2, 0) is 5.41 Å². The predicted octanol–water partition coefficient (Wildman–Crippen LogP) is 3.88. The third-order valence-corrected chi connectivity index (χ3v) is 6.33. The highest BCUT2D eigenvalue weighted by atomic mass is 32.1. The summed E-state index contributed by atoms with van der Waals surface area (Å²) in [6, 6.07) is 12.7. The van der Waals surface area contributed by atoms with Crippen LogP contribution in [0.5, 0.6) is 5.88 Å². The number of ether oxygens (including phenoxy) is 1. The monoisotopic (exact) mass is 411 g/mol. The summed E-state index contributed by atoms with van der Waals surface area (Å²) in [7, 11) is 1.63. The topological polar surface area (TPSA) is 62.3 Å². The van der Waals surface area contributed by atoms with E-state index in [1.54, 1.807) is 7.11 Å². The molecule has 1 aliphatic heterocycles. The normalized spacial score (nSPS) is 17.9. The first-order valence-electron chi connectivity index (χ1n) is 10.5. The summed E-state index contributed by atoms with van der Waals surface area (Å²) < 4.78 is 5.37. The fourth-order valence-electron chi connectivity index (χ4n) is 4.49. The third kappa shape index (κ3) is 4.61. The molecule has 154 valence electrons. The van der Waals surface area contributed by atoms with Crippen molar-refractivity contribution < 1.29 is 4.74 Å². The summed E-state index contributed by atoms with van der Waals surface area (Å²) in [5.41, 5.74) is 1.53. The van der Waals surface area contributed by atoms with E-state index >= 15 is 0 Å². The van der Waals surface area contributed by atoms with Crippen molar-refractivity contribution in [2.24, 2.45) is 0 Å². The van der Waals surface area contributed by atoms with Gasteiger partial charge in [-0.15, -0.1) is 0 Å². The molecule has 29 heavy (non-hydrogen) atoms. The number of nitrogens with zero attached hydrogens (tertiary/aromatic N) is 3. The van der Waals surface area contributed by atoms with Gasteiger partial charge in [0, 0.05) is 31.1 Å². The number of nitrogens with one attached hydrogen (secondary N) is 2. The second-order valence-corrected chi connectivity index (χ2v) is 8.36. The Bertz CT molecular complexity index is 832. The molecule has 7 heteroatoms. The summed E-state index contributed by atoms with van der Waals surface area (Å²) in [6.07, 6.45) is 7.26. The van der Waals surface area contributed by atoms with Gasteiger partial charge in [-0.25, -0.2) is 0 Å². The van der Waals surface area contributed by atoms with E-state index in [0.29, 0.717) is 16.9 Å². The Hall–Kier alpha value is -2.41. The van der Waals surface area contributed by atoms with Gasteiger partial charge >= 0.3 is 0 Å². The van der Waals surface area contributed by atoms with Gasteiger partial charge in [0.15, 0.2) is 5.11 Å². The Morgan fingerprint density at radius 3 is 2.52 bits per heavy atom. The van der Waals surface area contributed by atoms with Crippen LogP contribution in [0.4, 0.5) is 11.8 Å². The van der Waals surface area contributed by atoms with E-state index < -0.39 is 0 Å². The molecule has 0 radical (unpaired) electrons. The molecule has 2 aliphatic rings. The average Bonchev–Trinajstić information content (AvgIpc) is 3.46. The van der Waals surface area contributed by atoms with Crippen molar-refractivity contribution >= 4 is 29.1 Å². The Balaban J connectivity index is 1.43. The van der Waals surface area contributed by atoms with Gasteiger partial charge in [-0.2, -0.15) is 9.97 Å². The SMILES string of the molecule is COc1cc(N2CCCC2)nc(NC(=S)NCC2(c3ccccc3)CCCC2)n1. The zero-order valence-electron chi connectivity index (χ0n) is 17.0. The van der Waals surface area contributed by atoms with Gasteiger partial charge in [0.25, 0.3) is 0 Å². The van der Waals surface area contributed by atoms with Crippen LogP contribution >= 0.6 is 12.2 Å². The highest BCUT2D eigenvalue weighted by Gasteiger charge is 2.35. The van der Waals surface area contributed by atoms with E-state index in [2.05, 4.69) is 55.8 Å². The van der Waals surface area contributed by atoms with Crippen LogP contribution in [0.15, 0.2) is 36.4 Å². The lowest BCUT2D eigenvalue weighted by Crippen LogP contribution is -2.41. The van der Waals surface area contributed by atoms with Crippen LogP contribution in [0.3, 0.4) is 0 Å². The summed E-state index contributed by atoms with van der Waals surface area (Å²) in [6.45, 7) is 2.84. The molecule has 2 aromatic rings. The predicted molar refractivity (Wildman–Crippen MR) is 121 cm³/mol. The highest BCUT2D eigenvalue weighted by molar-refractivity contribution is 7.80. The maximum Gasteiger partial charge on any atom is 0.234 e. The lowest BCUT2D eigenvalue weighted by molar-refractivity contribution is 0.397. The molecule has 0 unspecified atom stereocenters. The molecule has 1 saturated heterocycles. The lowest BCUT2D eigenvalue weighted by atomic mass is 9.79. The van der Waals surface area contributed by atoms with E-state index in [-0.39, 0.29) is 5.41 Å². The molecule has 6 nitrogen and oxygen atoms in total. The van der Waals surface area contributed by atoms with E-state index in [1.807, 2.05) is 6.07 Å². The number of benzene rings is 1. The first-order valence-corrected chi connectivity index (χ1v) is 10.9. The minimum atomic E-state index is 0.142. The van der Waals surface area contributed by atoms with Crippen molar-refractivity contribution in [1.82, 2.24) is 15.3 Å². The fourth-order valence-corrected chi connectivity index (χ4v) is 4.65. The molecule has 0 bridgehead atoms. The van der Waals surface area contributed by atoms with Crippen LogP contribution in [0, 0.1) is 0 Å². The molecule has 1 aliphatic carbocycles. The molecule has 2 fully saturated rings. The summed E-state index contributed by atoms with van der Waals surface area (Å²) in [4.78, 5) is 11.3. The van der Waals surface area contributed by atoms with E-state index in [4.69, 9.17) is 17.0 Å². The zero-order chi connectivity index (χ0) is 20.1. The number of methoxy groups -OCH3 is 1. The van der Waals surface area contributed by atoms with E-state index in [9.17, 15) is 0 Å². The van der Waals surface area contributed by atoms with Gasteiger partial charge in [0.2, 0.25) is 11.8 Å². The van der Waals surface area contributed by atoms with Gasteiger partial charge in [-0.05, 0) is 43.5 Å². The summed E-state index contributed by atoms with van der Waals surface area (Å²) in [5.74, 6) is 1.91. The maximum absolute atomic E-state index is 5.57. The van der Waals surface area contributed by atoms with Gasteiger partial charge in [0.05, 0.1) is 7.11 Å². The first-order chi connectivity index (χ1) is 14.2. The van der Waals surface area contributed by atoms with Gasteiger partial charge in [0.1, 0.15) is 5.82 Å². The Kier molecular flexibility index (Phi) is 6.13. The largest absolute Gasteiger partial charge is 0.481 e. The zero-order valence-corrected chi connectivity index (χ0v) is 17.8. The maximum atomic E-state index is 5.57. The molecule has 2 N–H and O–H groups in total. The first kappa shape index (κ1) is 19.9. The van der Waals surface area contributed by atoms with Crippen molar-refractivity contribution in [3.05, 3.63) is 42.0 Å². The average molecular weight is 412 g/mol. The molecular weight excluding hydrogens is 382 g/mol. The number of thiocarbonyl (C=S) groups is 1. The summed E-state index contributed by atoms with van der Waals surface area (Å²) >= 11 is 5.57. The van der Waals surface area contributed by atoms with Gasteiger partial charge < -0.3 is 20.3 Å². The van der Waals surface area contributed by atoms with Crippen molar-refractivity contribution in [3.8, 4) is 5.88 Å². The Labute approximate surface area is 178 Å². The Morgan fingerprint density at radius 1 is 1.10 bits per heavy atom. The lowest BCUT2D eigenvalue weighted by Gasteiger charge is -2.30. The highest BCUT2D eigenvalue weighted by Crippen LogP contribution is 2.40. The van der Waals surface area contributed by atoms with E-state index in [0.717, 1.165) is 25.5 Å². The number of anilines is 2. The van der Waals surface area contributed by atoms with Crippen LogP contribution in [0.1, 0.15) is 44.1 Å². The second-order valence-electron chi connectivity index (χ2n) is 7.95. The fraction of sp³-hybridized carbons (Fsp3) is 0.500. The molecule has 0 spiro atoms.